The first-order valence-electron chi connectivity index (χ1n) is 5.72. The Bertz CT molecular complexity index is 760. The van der Waals surface area contributed by atoms with E-state index in [1.54, 1.807) is 24.3 Å². The van der Waals surface area contributed by atoms with E-state index in [0.29, 0.717) is 22.5 Å². The molecule has 0 bridgehead atoms. The summed E-state index contributed by atoms with van der Waals surface area (Å²) in [7, 11) is -2.14. The van der Waals surface area contributed by atoms with Crippen LogP contribution in [0, 0.1) is 0 Å². The summed E-state index contributed by atoms with van der Waals surface area (Å²) in [5.41, 5.74) is 5.90. The van der Waals surface area contributed by atoms with Gasteiger partial charge in [0, 0.05) is 22.0 Å². The second-order valence-electron chi connectivity index (χ2n) is 4.00. The van der Waals surface area contributed by atoms with Crippen molar-refractivity contribution in [2.75, 3.05) is 11.8 Å². The van der Waals surface area contributed by atoms with Gasteiger partial charge in [-0.05, 0) is 50.1 Å². The molecule has 2 aromatic rings. The minimum atomic E-state index is -3.65. The van der Waals surface area contributed by atoms with Crippen LogP contribution in [0.15, 0.2) is 37.4 Å². The lowest BCUT2D eigenvalue weighted by atomic mass is 10.3. The summed E-state index contributed by atoms with van der Waals surface area (Å²) in [4.78, 5) is 0.808. The number of anilines is 1. The summed E-state index contributed by atoms with van der Waals surface area (Å²) in [5.74, 6) is 0.532. The van der Waals surface area contributed by atoms with Gasteiger partial charge in [0.2, 0.25) is 0 Å². The molecule has 1 heterocycles. The van der Waals surface area contributed by atoms with Crippen molar-refractivity contribution in [2.45, 2.75) is 10.8 Å². The lowest BCUT2D eigenvalue weighted by Gasteiger charge is -2.11. The molecular weight excluding hydrogens is 444 g/mol. The Balaban J connectivity index is 2.36. The third-order valence-electron chi connectivity index (χ3n) is 2.59. The lowest BCUT2D eigenvalue weighted by Crippen LogP contribution is -2.12. The molecule has 1 aromatic carbocycles. The maximum Gasteiger partial charge on any atom is 0.271 e. The minimum absolute atomic E-state index is 0.219. The molecule has 0 spiro atoms. The molecule has 1 aromatic heterocycles. The Morgan fingerprint density at radius 2 is 2.00 bits per heavy atom. The van der Waals surface area contributed by atoms with Crippen LogP contribution in [0.3, 0.4) is 0 Å². The summed E-state index contributed by atoms with van der Waals surface area (Å²) in [6.07, 6.45) is 0. The number of rotatable bonds is 5. The van der Waals surface area contributed by atoms with Crippen molar-refractivity contribution in [2.24, 2.45) is 5.73 Å². The molecule has 0 aliphatic heterocycles. The number of sulfonamides is 1. The second-order valence-corrected chi connectivity index (χ2v) is 8.78. The van der Waals surface area contributed by atoms with Gasteiger partial charge >= 0.3 is 0 Å². The first-order valence-corrected chi connectivity index (χ1v) is 9.60. The highest BCUT2D eigenvalue weighted by molar-refractivity contribution is 9.11. The van der Waals surface area contributed by atoms with Gasteiger partial charge in [-0.25, -0.2) is 8.42 Å². The zero-order chi connectivity index (χ0) is 15.6. The molecule has 0 aliphatic carbocycles. The topological polar surface area (TPSA) is 81.4 Å². The molecule has 114 valence electrons. The van der Waals surface area contributed by atoms with E-state index in [1.165, 1.54) is 7.11 Å². The third-order valence-corrected chi connectivity index (χ3v) is 6.83. The van der Waals surface area contributed by atoms with E-state index in [0.717, 1.165) is 20.7 Å². The first-order chi connectivity index (χ1) is 9.87. The van der Waals surface area contributed by atoms with Crippen LogP contribution in [0.2, 0.25) is 0 Å². The van der Waals surface area contributed by atoms with Crippen LogP contribution in [0.5, 0.6) is 5.75 Å². The lowest BCUT2D eigenvalue weighted by molar-refractivity contribution is 0.412. The average Bonchev–Trinajstić information content (AvgIpc) is 2.91. The number of halogens is 2. The predicted octanol–water partition coefficient (Wildman–Crippen LogP) is 3.54. The predicted molar refractivity (Wildman–Crippen MR) is 91.4 cm³/mol. The van der Waals surface area contributed by atoms with E-state index in [9.17, 15) is 8.42 Å². The summed E-state index contributed by atoms with van der Waals surface area (Å²) in [5, 5.41) is 0. The van der Waals surface area contributed by atoms with Crippen LogP contribution in [0.25, 0.3) is 0 Å². The van der Waals surface area contributed by atoms with Gasteiger partial charge in [-0.1, -0.05) is 0 Å². The average molecular weight is 456 g/mol. The van der Waals surface area contributed by atoms with E-state index < -0.39 is 10.0 Å². The number of nitrogens with two attached hydrogens (primary N) is 1. The van der Waals surface area contributed by atoms with Crippen LogP contribution in [0.1, 0.15) is 4.88 Å². The van der Waals surface area contributed by atoms with E-state index in [4.69, 9.17) is 10.5 Å². The molecule has 5 nitrogen and oxygen atoms in total. The van der Waals surface area contributed by atoms with Gasteiger partial charge in [-0.2, -0.15) is 0 Å². The number of thiophene rings is 1. The van der Waals surface area contributed by atoms with E-state index in [1.807, 2.05) is 0 Å². The molecule has 0 unspecified atom stereocenters. The molecule has 0 saturated heterocycles. The van der Waals surface area contributed by atoms with Crippen LogP contribution in [-0.4, -0.2) is 15.5 Å². The minimum Gasteiger partial charge on any atom is -0.495 e. The van der Waals surface area contributed by atoms with Crippen molar-refractivity contribution in [3.05, 3.63) is 38.1 Å². The van der Waals surface area contributed by atoms with Crippen molar-refractivity contribution in [1.82, 2.24) is 0 Å². The fourth-order valence-corrected chi connectivity index (χ4v) is 5.26. The smallest absolute Gasteiger partial charge is 0.271 e. The molecule has 0 aliphatic rings. The summed E-state index contributed by atoms with van der Waals surface area (Å²) in [6.45, 7) is 0.315. The Morgan fingerprint density at radius 1 is 1.29 bits per heavy atom. The largest absolute Gasteiger partial charge is 0.495 e. The van der Waals surface area contributed by atoms with Gasteiger partial charge in [-0.3, -0.25) is 4.72 Å². The highest BCUT2D eigenvalue weighted by Crippen LogP contribution is 2.36. The molecule has 0 radical (unpaired) electrons. The van der Waals surface area contributed by atoms with Crippen molar-refractivity contribution >= 4 is 58.9 Å². The van der Waals surface area contributed by atoms with Crippen LogP contribution >= 0.6 is 43.2 Å². The molecule has 3 N–H and O–H groups in total. The third kappa shape index (κ3) is 3.78. The fraction of sp³-hybridized carbons (Fsp3) is 0.167. The molecule has 0 saturated carbocycles. The number of nitrogens with one attached hydrogen (secondary N) is 1. The summed E-state index contributed by atoms with van der Waals surface area (Å²) in [6, 6.07) is 6.56. The molecule has 0 fully saturated rings. The summed E-state index contributed by atoms with van der Waals surface area (Å²) >= 11 is 7.81. The van der Waals surface area contributed by atoms with Gasteiger partial charge in [0.1, 0.15) is 9.96 Å². The highest BCUT2D eigenvalue weighted by Gasteiger charge is 2.19. The fourth-order valence-electron chi connectivity index (χ4n) is 1.57. The zero-order valence-electron chi connectivity index (χ0n) is 10.9. The molecule has 9 heteroatoms. The number of ether oxygens (including phenoxy) is 1. The van der Waals surface area contributed by atoms with Crippen LogP contribution in [-0.2, 0) is 16.6 Å². The number of methoxy groups -OCH3 is 1. The molecular formula is C12H12Br2N2O3S2. The second kappa shape index (κ2) is 6.66. The Kier molecular flexibility index (Phi) is 5.31. The van der Waals surface area contributed by atoms with E-state index in [-0.39, 0.29) is 4.21 Å². The van der Waals surface area contributed by atoms with Crippen LogP contribution < -0.4 is 15.2 Å². The molecule has 0 atom stereocenters. The van der Waals surface area contributed by atoms with Gasteiger partial charge in [0.05, 0.1) is 17.3 Å². The van der Waals surface area contributed by atoms with Crippen molar-refractivity contribution in [3.8, 4) is 5.75 Å². The van der Waals surface area contributed by atoms with Crippen molar-refractivity contribution < 1.29 is 13.2 Å². The molecule has 0 amide bonds. The Hall–Kier alpha value is -0.610. The normalized spacial score (nSPS) is 11.4. The van der Waals surface area contributed by atoms with Crippen molar-refractivity contribution in [3.63, 3.8) is 0 Å². The van der Waals surface area contributed by atoms with E-state index >= 15 is 0 Å². The quantitative estimate of drug-likeness (QED) is 0.722. The Morgan fingerprint density at radius 3 is 2.57 bits per heavy atom. The van der Waals surface area contributed by atoms with Gasteiger partial charge in [0.15, 0.2) is 0 Å². The number of hydrogen-bond donors (Lipinski definition) is 2. The van der Waals surface area contributed by atoms with Gasteiger partial charge < -0.3 is 10.5 Å². The van der Waals surface area contributed by atoms with Crippen molar-refractivity contribution in [1.29, 1.82) is 0 Å². The Labute approximate surface area is 143 Å². The van der Waals surface area contributed by atoms with Crippen LogP contribution in [0.4, 0.5) is 5.69 Å². The number of hydrogen-bond acceptors (Lipinski definition) is 5. The maximum absolute atomic E-state index is 12.4. The zero-order valence-corrected chi connectivity index (χ0v) is 15.7. The van der Waals surface area contributed by atoms with E-state index in [2.05, 4.69) is 36.6 Å². The molecule has 21 heavy (non-hydrogen) atoms. The highest BCUT2D eigenvalue weighted by atomic mass is 79.9. The maximum atomic E-state index is 12.4. The van der Waals surface area contributed by atoms with Gasteiger partial charge in [-0.15, -0.1) is 11.3 Å². The first kappa shape index (κ1) is 16.8. The standard InChI is InChI=1S/C12H12Br2N2O3S2/c1-19-11-5-10(8(13)4-9(11)14)16-21(17,18)12-3-2-7(6-15)20-12/h2-5,16H,6,15H2,1H3. The monoisotopic (exact) mass is 454 g/mol. The SMILES string of the molecule is COc1cc(NS(=O)(=O)c2ccc(CN)s2)c(Br)cc1Br. The summed E-state index contributed by atoms with van der Waals surface area (Å²) < 4.78 is 34.0. The molecule has 2 rings (SSSR count). The van der Waals surface area contributed by atoms with Gasteiger partial charge in [0.25, 0.3) is 10.0 Å². The number of benzene rings is 1.